The molecule has 1 aliphatic heterocycles. The molecule has 1 amide bonds. The summed E-state index contributed by atoms with van der Waals surface area (Å²) in [5, 5.41) is 0. The number of hydrogen-bond acceptors (Lipinski definition) is 4. The normalized spacial score (nSPS) is 17.0. The minimum atomic E-state index is -0.470. The Kier molecular flexibility index (Phi) is 6.37. The van der Waals surface area contributed by atoms with Gasteiger partial charge in [0.05, 0.1) is 13.7 Å². The number of hydrogen-bond donors (Lipinski definition) is 0. The number of nitrogens with zero attached hydrogens (tertiary/aromatic N) is 1. The number of carbonyl (C=O) groups excluding carboxylic acids is 1. The minimum absolute atomic E-state index is 0.0380. The van der Waals surface area contributed by atoms with Crippen molar-refractivity contribution in [2.45, 2.75) is 33.3 Å². The molecule has 0 N–H and O–H groups in total. The van der Waals surface area contributed by atoms with E-state index in [2.05, 4.69) is 43.4 Å². The topological polar surface area (TPSA) is 48.0 Å². The predicted molar refractivity (Wildman–Crippen MR) is 118 cm³/mol. The molecular formula is C22H26INO4. The second-order valence-electron chi connectivity index (χ2n) is 8.02. The third-order valence-corrected chi connectivity index (χ3v) is 5.09. The number of amides is 1. The molecule has 0 aliphatic carbocycles. The van der Waals surface area contributed by atoms with Gasteiger partial charge in [-0.3, -0.25) is 4.79 Å². The third-order valence-electron chi connectivity index (χ3n) is 4.37. The molecule has 0 radical (unpaired) electrons. The lowest BCUT2D eigenvalue weighted by atomic mass is 9.99. The first-order valence-corrected chi connectivity index (χ1v) is 10.4. The second-order valence-corrected chi connectivity index (χ2v) is 9.27. The van der Waals surface area contributed by atoms with Gasteiger partial charge < -0.3 is 19.1 Å². The molecule has 2 aromatic carbocycles. The highest BCUT2D eigenvalue weighted by Gasteiger charge is 2.34. The number of methoxy groups -OCH3 is 1. The van der Waals surface area contributed by atoms with Crippen LogP contribution in [-0.4, -0.2) is 32.3 Å². The molecule has 1 saturated heterocycles. The van der Waals surface area contributed by atoms with Crippen molar-refractivity contribution in [3.05, 3.63) is 46.0 Å². The minimum Gasteiger partial charge on any atom is -0.493 e. The average molecular weight is 495 g/mol. The summed E-state index contributed by atoms with van der Waals surface area (Å²) in [6.45, 7) is 7.54. The zero-order valence-corrected chi connectivity index (χ0v) is 18.9. The largest absolute Gasteiger partial charge is 0.493 e. The number of carbonyl (C=O) groups is 1. The lowest BCUT2D eigenvalue weighted by molar-refractivity contribution is -0.122. The predicted octanol–water partition coefficient (Wildman–Crippen LogP) is 4.91. The van der Waals surface area contributed by atoms with Gasteiger partial charge in [-0.2, -0.15) is 0 Å². The van der Waals surface area contributed by atoms with E-state index < -0.39 is 6.10 Å². The van der Waals surface area contributed by atoms with Crippen molar-refractivity contribution in [1.29, 1.82) is 0 Å². The van der Waals surface area contributed by atoms with Gasteiger partial charge in [-0.05, 0) is 64.4 Å². The van der Waals surface area contributed by atoms with Crippen molar-refractivity contribution in [2.24, 2.45) is 5.41 Å². The van der Waals surface area contributed by atoms with Crippen LogP contribution >= 0.6 is 22.6 Å². The average Bonchev–Trinajstić information content (AvgIpc) is 3.01. The first-order valence-electron chi connectivity index (χ1n) is 9.31. The van der Waals surface area contributed by atoms with Gasteiger partial charge in [0.25, 0.3) is 5.91 Å². The molecule has 0 spiro atoms. The molecule has 0 aromatic heterocycles. The smallest absolute Gasteiger partial charge is 0.268 e. The van der Waals surface area contributed by atoms with E-state index in [0.717, 1.165) is 9.26 Å². The zero-order chi connectivity index (χ0) is 20.3. The zero-order valence-electron chi connectivity index (χ0n) is 16.7. The van der Waals surface area contributed by atoms with Crippen LogP contribution in [0.25, 0.3) is 0 Å². The summed E-state index contributed by atoms with van der Waals surface area (Å²) in [5.74, 6) is 1.98. The van der Waals surface area contributed by atoms with Crippen LogP contribution in [-0.2, 0) is 4.79 Å². The Bertz CT molecular complexity index is 829. The molecule has 0 saturated carbocycles. The third kappa shape index (κ3) is 5.10. The van der Waals surface area contributed by atoms with Crippen molar-refractivity contribution < 1.29 is 19.0 Å². The van der Waals surface area contributed by atoms with Crippen molar-refractivity contribution >= 4 is 34.2 Å². The Labute approximate surface area is 180 Å². The molecule has 3 rings (SSSR count). The van der Waals surface area contributed by atoms with Gasteiger partial charge in [-0.1, -0.05) is 20.8 Å². The maximum absolute atomic E-state index is 12.8. The summed E-state index contributed by atoms with van der Waals surface area (Å²) < 4.78 is 18.4. The second kappa shape index (κ2) is 8.59. The van der Waals surface area contributed by atoms with Gasteiger partial charge >= 0.3 is 0 Å². The highest BCUT2D eigenvalue weighted by molar-refractivity contribution is 14.1. The Balaban J connectivity index is 1.71. The molecule has 28 heavy (non-hydrogen) atoms. The lowest BCUT2D eigenvalue weighted by Crippen LogP contribution is -2.32. The number of anilines is 1. The Morgan fingerprint density at radius 2 is 1.82 bits per heavy atom. The van der Waals surface area contributed by atoms with Gasteiger partial charge in [-0.25, -0.2) is 0 Å². The van der Waals surface area contributed by atoms with E-state index in [-0.39, 0.29) is 11.3 Å². The quantitative estimate of drug-likeness (QED) is 0.535. The highest BCUT2D eigenvalue weighted by atomic mass is 127. The van der Waals surface area contributed by atoms with Crippen LogP contribution in [0.15, 0.2) is 42.5 Å². The Morgan fingerprint density at radius 3 is 2.46 bits per heavy atom. The van der Waals surface area contributed by atoms with E-state index in [4.69, 9.17) is 14.2 Å². The summed E-state index contributed by atoms with van der Waals surface area (Å²) >= 11 is 2.24. The standard InChI is InChI=1S/C22H26INO4/c1-22(2,3)14-27-18-10-7-16(13-20(18)26-4)24-12-11-19(21(24)25)28-17-8-5-15(23)6-9-17/h5-10,13,19H,11-12,14H2,1-4H3. The molecule has 1 aliphatic rings. The summed E-state index contributed by atoms with van der Waals surface area (Å²) in [7, 11) is 1.61. The number of benzene rings is 2. The molecular weight excluding hydrogens is 469 g/mol. The lowest BCUT2D eigenvalue weighted by Gasteiger charge is -2.22. The Morgan fingerprint density at radius 1 is 1.11 bits per heavy atom. The van der Waals surface area contributed by atoms with E-state index >= 15 is 0 Å². The monoisotopic (exact) mass is 495 g/mol. The SMILES string of the molecule is COc1cc(N2CCC(Oc3ccc(I)cc3)C2=O)ccc1OCC(C)(C)C. The van der Waals surface area contributed by atoms with E-state index in [9.17, 15) is 4.79 Å². The van der Waals surface area contributed by atoms with Crippen molar-refractivity contribution in [2.75, 3.05) is 25.2 Å². The number of rotatable bonds is 6. The van der Waals surface area contributed by atoms with Crippen molar-refractivity contribution in [3.63, 3.8) is 0 Å². The summed E-state index contributed by atoms with van der Waals surface area (Å²) in [4.78, 5) is 14.6. The molecule has 5 nitrogen and oxygen atoms in total. The fourth-order valence-electron chi connectivity index (χ4n) is 2.93. The highest BCUT2D eigenvalue weighted by Crippen LogP contribution is 2.35. The van der Waals surface area contributed by atoms with E-state index in [1.54, 1.807) is 12.0 Å². The van der Waals surface area contributed by atoms with Crippen LogP contribution in [0.2, 0.25) is 0 Å². The Hall–Kier alpha value is -1.96. The van der Waals surface area contributed by atoms with Crippen LogP contribution in [0, 0.1) is 8.99 Å². The molecule has 6 heteroatoms. The van der Waals surface area contributed by atoms with Crippen molar-refractivity contribution in [1.82, 2.24) is 0 Å². The molecule has 1 atom stereocenters. The molecule has 1 heterocycles. The van der Waals surface area contributed by atoms with E-state index in [1.165, 1.54) is 0 Å². The maximum atomic E-state index is 12.8. The molecule has 1 fully saturated rings. The van der Waals surface area contributed by atoms with Gasteiger partial charge in [0.2, 0.25) is 0 Å². The first kappa shape index (κ1) is 20.8. The van der Waals surface area contributed by atoms with E-state index in [0.29, 0.717) is 36.8 Å². The fourth-order valence-corrected chi connectivity index (χ4v) is 3.29. The van der Waals surface area contributed by atoms with Crippen LogP contribution < -0.4 is 19.1 Å². The van der Waals surface area contributed by atoms with Crippen molar-refractivity contribution in [3.8, 4) is 17.2 Å². The summed E-state index contributed by atoms with van der Waals surface area (Å²) in [6, 6.07) is 13.3. The first-order chi connectivity index (χ1) is 13.3. The fraction of sp³-hybridized carbons (Fsp3) is 0.409. The van der Waals surface area contributed by atoms with Crippen LogP contribution in [0.1, 0.15) is 27.2 Å². The number of ether oxygens (including phenoxy) is 3. The molecule has 0 bridgehead atoms. The van der Waals surface area contributed by atoms with Crippen LogP contribution in [0.5, 0.6) is 17.2 Å². The molecule has 150 valence electrons. The van der Waals surface area contributed by atoms with Gasteiger partial charge in [0.1, 0.15) is 5.75 Å². The summed E-state index contributed by atoms with van der Waals surface area (Å²) in [6.07, 6.45) is 0.179. The van der Waals surface area contributed by atoms with Gasteiger partial charge in [0.15, 0.2) is 17.6 Å². The molecule has 1 unspecified atom stereocenters. The van der Waals surface area contributed by atoms with Gasteiger partial charge in [-0.15, -0.1) is 0 Å². The molecule has 2 aromatic rings. The van der Waals surface area contributed by atoms with Crippen LogP contribution in [0.3, 0.4) is 0 Å². The summed E-state index contributed by atoms with van der Waals surface area (Å²) in [5.41, 5.74) is 0.841. The maximum Gasteiger partial charge on any atom is 0.268 e. The van der Waals surface area contributed by atoms with E-state index in [1.807, 2.05) is 42.5 Å². The van der Waals surface area contributed by atoms with Crippen LogP contribution in [0.4, 0.5) is 5.69 Å². The van der Waals surface area contributed by atoms with Gasteiger partial charge in [0, 0.05) is 28.3 Å². The number of halogens is 1.